The van der Waals surface area contributed by atoms with Gasteiger partial charge in [0.25, 0.3) is 0 Å². The third-order valence-corrected chi connectivity index (χ3v) is 2.10. The normalized spacial score (nSPS) is 17.1. The first-order valence-corrected chi connectivity index (χ1v) is 4.22. The summed E-state index contributed by atoms with van der Waals surface area (Å²) < 4.78 is 2.08. The Hall–Kier alpha value is -1.31. The Bertz CT molecular complexity index is 318. The summed E-state index contributed by atoms with van der Waals surface area (Å²) in [6.07, 6.45) is 12.4. The predicted octanol–water partition coefficient (Wildman–Crippen LogP) is 2.46. The largest absolute Gasteiger partial charge is 0.310 e. The quantitative estimate of drug-likeness (QED) is 0.617. The molecule has 0 saturated carbocycles. The Morgan fingerprint density at radius 3 is 3.08 bits per heavy atom. The minimum Gasteiger partial charge on any atom is -0.310 e. The predicted molar refractivity (Wildman–Crippen MR) is 49.5 cm³/mol. The lowest BCUT2D eigenvalue weighted by atomic mass is 10.1. The van der Waals surface area contributed by atoms with Crippen molar-refractivity contribution < 1.29 is 0 Å². The van der Waals surface area contributed by atoms with Crippen LogP contribution in [0.25, 0.3) is 5.70 Å². The van der Waals surface area contributed by atoms with E-state index in [-0.39, 0.29) is 0 Å². The summed E-state index contributed by atoms with van der Waals surface area (Å²) in [6.45, 7) is 2.14. The molecule has 0 unspecified atom stereocenters. The maximum Gasteiger partial charge on any atom is 0.0989 e. The molecule has 0 N–H and O–H groups in total. The van der Waals surface area contributed by atoms with E-state index in [1.165, 1.54) is 11.3 Å². The van der Waals surface area contributed by atoms with Crippen LogP contribution in [0.2, 0.25) is 0 Å². The van der Waals surface area contributed by atoms with Gasteiger partial charge in [-0.05, 0) is 25.8 Å². The van der Waals surface area contributed by atoms with Gasteiger partial charge in [0.2, 0.25) is 0 Å². The van der Waals surface area contributed by atoms with E-state index in [9.17, 15) is 0 Å². The van der Waals surface area contributed by atoms with Gasteiger partial charge in [0.1, 0.15) is 0 Å². The molecule has 0 fully saturated rings. The third kappa shape index (κ3) is 1.33. The molecular formula is C10H12N2. The van der Waals surface area contributed by atoms with Gasteiger partial charge in [-0.25, -0.2) is 4.98 Å². The zero-order chi connectivity index (χ0) is 8.39. The van der Waals surface area contributed by atoms with Crippen LogP contribution in [0.5, 0.6) is 0 Å². The summed E-state index contributed by atoms with van der Waals surface area (Å²) in [4.78, 5) is 4.03. The molecule has 0 aromatic carbocycles. The highest BCUT2D eigenvalue weighted by Gasteiger charge is 2.03. The van der Waals surface area contributed by atoms with E-state index in [1.807, 2.05) is 18.7 Å². The summed E-state index contributed by atoms with van der Waals surface area (Å²) >= 11 is 0. The second kappa shape index (κ2) is 2.97. The van der Waals surface area contributed by atoms with Gasteiger partial charge in [0.05, 0.1) is 6.33 Å². The van der Waals surface area contributed by atoms with E-state index >= 15 is 0 Å². The fourth-order valence-corrected chi connectivity index (χ4v) is 1.47. The van der Waals surface area contributed by atoms with Crippen LogP contribution < -0.4 is 0 Å². The van der Waals surface area contributed by atoms with Crippen molar-refractivity contribution in [2.45, 2.75) is 19.8 Å². The van der Waals surface area contributed by atoms with Crippen LogP contribution in [0, 0.1) is 0 Å². The highest BCUT2D eigenvalue weighted by molar-refractivity contribution is 5.52. The summed E-state index contributed by atoms with van der Waals surface area (Å²) in [6, 6.07) is 0. The monoisotopic (exact) mass is 160 g/mol. The second-order valence-electron chi connectivity index (χ2n) is 3.09. The van der Waals surface area contributed by atoms with Gasteiger partial charge in [-0.1, -0.05) is 11.6 Å². The molecule has 1 aliphatic rings. The molecule has 2 heteroatoms. The van der Waals surface area contributed by atoms with E-state index in [2.05, 4.69) is 28.6 Å². The minimum absolute atomic E-state index is 1.12. The smallest absolute Gasteiger partial charge is 0.0989 e. The number of aromatic nitrogens is 2. The number of imidazole rings is 1. The molecule has 0 spiro atoms. The molecule has 1 aliphatic carbocycles. The van der Waals surface area contributed by atoms with Crippen LogP contribution in [0.1, 0.15) is 19.8 Å². The van der Waals surface area contributed by atoms with E-state index in [4.69, 9.17) is 0 Å². The van der Waals surface area contributed by atoms with Crippen molar-refractivity contribution in [3.63, 3.8) is 0 Å². The molecule has 2 nitrogen and oxygen atoms in total. The molecule has 0 bridgehead atoms. The molecule has 62 valence electrons. The average molecular weight is 160 g/mol. The van der Waals surface area contributed by atoms with Gasteiger partial charge in [0.15, 0.2) is 0 Å². The molecule has 0 saturated heterocycles. The van der Waals surface area contributed by atoms with Crippen LogP contribution >= 0.6 is 0 Å². The Morgan fingerprint density at radius 2 is 2.42 bits per heavy atom. The molecule has 1 aromatic heterocycles. The van der Waals surface area contributed by atoms with Crippen LogP contribution in [-0.2, 0) is 0 Å². The summed E-state index contributed by atoms with van der Waals surface area (Å²) in [5.41, 5.74) is 2.69. The number of hydrogen-bond donors (Lipinski definition) is 0. The topological polar surface area (TPSA) is 17.8 Å². The van der Waals surface area contributed by atoms with Crippen LogP contribution in [0.15, 0.2) is 36.4 Å². The highest BCUT2D eigenvalue weighted by Crippen LogP contribution is 2.20. The molecule has 1 heterocycles. The molecule has 0 atom stereocenters. The fourth-order valence-electron chi connectivity index (χ4n) is 1.47. The zero-order valence-electron chi connectivity index (χ0n) is 7.20. The Balaban J connectivity index is 2.31. The van der Waals surface area contributed by atoms with E-state index in [0.29, 0.717) is 0 Å². The zero-order valence-corrected chi connectivity index (χ0v) is 7.20. The lowest BCUT2D eigenvalue weighted by molar-refractivity contribution is 0.928. The van der Waals surface area contributed by atoms with Crippen molar-refractivity contribution in [3.05, 3.63) is 36.4 Å². The van der Waals surface area contributed by atoms with Gasteiger partial charge < -0.3 is 4.57 Å². The average Bonchev–Trinajstić information content (AvgIpc) is 2.56. The Labute approximate surface area is 72.2 Å². The SMILES string of the molecule is CC1=CCCC(n2ccnc2)=C1. The van der Waals surface area contributed by atoms with E-state index < -0.39 is 0 Å². The van der Waals surface area contributed by atoms with Gasteiger partial charge in [-0.3, -0.25) is 0 Å². The van der Waals surface area contributed by atoms with Crippen LogP contribution in [0.4, 0.5) is 0 Å². The van der Waals surface area contributed by atoms with E-state index in [0.717, 1.165) is 12.8 Å². The van der Waals surface area contributed by atoms with Crippen LogP contribution in [-0.4, -0.2) is 9.55 Å². The van der Waals surface area contributed by atoms with Gasteiger partial charge in [-0.2, -0.15) is 0 Å². The third-order valence-electron chi connectivity index (χ3n) is 2.10. The van der Waals surface area contributed by atoms with Gasteiger partial charge in [0, 0.05) is 18.1 Å². The molecule has 2 rings (SSSR count). The van der Waals surface area contributed by atoms with Crippen molar-refractivity contribution in [3.8, 4) is 0 Å². The summed E-state index contributed by atoms with van der Waals surface area (Å²) in [5, 5.41) is 0. The first-order valence-electron chi connectivity index (χ1n) is 4.22. The maximum atomic E-state index is 4.03. The van der Waals surface area contributed by atoms with Gasteiger partial charge in [-0.15, -0.1) is 0 Å². The minimum atomic E-state index is 1.12. The fraction of sp³-hybridized carbons (Fsp3) is 0.300. The lowest BCUT2D eigenvalue weighted by Crippen LogP contribution is -1.97. The molecule has 1 aromatic rings. The molecule has 0 radical (unpaired) electrons. The highest BCUT2D eigenvalue weighted by atomic mass is 15.0. The first-order chi connectivity index (χ1) is 5.86. The molecule has 0 amide bonds. The van der Waals surface area contributed by atoms with Gasteiger partial charge >= 0.3 is 0 Å². The molecule has 0 aliphatic heterocycles. The van der Waals surface area contributed by atoms with Crippen molar-refractivity contribution in [1.29, 1.82) is 0 Å². The summed E-state index contributed by atoms with van der Waals surface area (Å²) in [5.74, 6) is 0. The summed E-state index contributed by atoms with van der Waals surface area (Å²) in [7, 11) is 0. The van der Waals surface area contributed by atoms with Crippen molar-refractivity contribution in [2.75, 3.05) is 0 Å². The number of rotatable bonds is 1. The number of nitrogens with zero attached hydrogens (tertiary/aromatic N) is 2. The Morgan fingerprint density at radius 1 is 1.50 bits per heavy atom. The van der Waals surface area contributed by atoms with Crippen molar-refractivity contribution in [1.82, 2.24) is 9.55 Å². The van der Waals surface area contributed by atoms with Crippen molar-refractivity contribution in [2.24, 2.45) is 0 Å². The maximum absolute atomic E-state index is 4.03. The first kappa shape index (κ1) is 7.35. The van der Waals surface area contributed by atoms with Crippen LogP contribution in [0.3, 0.4) is 0 Å². The number of hydrogen-bond acceptors (Lipinski definition) is 1. The Kier molecular flexibility index (Phi) is 1.82. The van der Waals surface area contributed by atoms with Crippen molar-refractivity contribution >= 4 is 5.70 Å². The number of allylic oxidation sites excluding steroid dienone is 4. The molecule has 12 heavy (non-hydrogen) atoms. The van der Waals surface area contributed by atoms with E-state index in [1.54, 1.807) is 0 Å². The standard InChI is InChI=1S/C10H12N2/c1-9-3-2-4-10(7-9)12-6-5-11-8-12/h3,5-8H,2,4H2,1H3. The lowest BCUT2D eigenvalue weighted by Gasteiger charge is -2.11. The molecular weight excluding hydrogens is 148 g/mol. The second-order valence-corrected chi connectivity index (χ2v) is 3.09.